The van der Waals surface area contributed by atoms with Gasteiger partial charge in [0.1, 0.15) is 5.82 Å². The summed E-state index contributed by atoms with van der Waals surface area (Å²) < 4.78 is 38.7. The quantitative estimate of drug-likeness (QED) is 0.868. The second-order valence-corrected chi connectivity index (χ2v) is 5.73. The number of hydrogen-bond donors (Lipinski definition) is 2. The standard InChI is InChI=1S/C12H13FN2O2S/c13-12-3-1-10(2-4-12)9-18(16,17)15-8-11-5-6-14-7-11/h1-7,14-15H,8-9H2. The van der Waals surface area contributed by atoms with Gasteiger partial charge in [0.05, 0.1) is 5.75 Å². The van der Waals surface area contributed by atoms with Crippen LogP contribution in [0.1, 0.15) is 11.1 Å². The molecule has 96 valence electrons. The predicted molar refractivity (Wildman–Crippen MR) is 66.7 cm³/mol. The highest BCUT2D eigenvalue weighted by Crippen LogP contribution is 2.07. The first-order valence-corrected chi connectivity index (χ1v) is 7.04. The molecule has 18 heavy (non-hydrogen) atoms. The fourth-order valence-electron chi connectivity index (χ4n) is 1.51. The van der Waals surface area contributed by atoms with E-state index in [4.69, 9.17) is 0 Å². The van der Waals surface area contributed by atoms with E-state index in [0.29, 0.717) is 5.56 Å². The Morgan fingerprint density at radius 3 is 2.44 bits per heavy atom. The van der Waals surface area contributed by atoms with Crippen LogP contribution in [0.5, 0.6) is 0 Å². The summed E-state index contributed by atoms with van der Waals surface area (Å²) in [6.07, 6.45) is 3.45. The van der Waals surface area contributed by atoms with Crippen molar-refractivity contribution in [3.05, 3.63) is 59.7 Å². The van der Waals surface area contributed by atoms with Crippen molar-refractivity contribution < 1.29 is 12.8 Å². The molecule has 0 fully saturated rings. The van der Waals surface area contributed by atoms with E-state index in [1.54, 1.807) is 18.5 Å². The first kappa shape index (κ1) is 12.8. The van der Waals surface area contributed by atoms with Crippen molar-refractivity contribution >= 4 is 10.0 Å². The molecule has 6 heteroatoms. The summed E-state index contributed by atoms with van der Waals surface area (Å²) in [7, 11) is -3.41. The van der Waals surface area contributed by atoms with E-state index in [1.807, 2.05) is 0 Å². The van der Waals surface area contributed by atoms with E-state index in [9.17, 15) is 12.8 Å². The minimum Gasteiger partial charge on any atom is -0.367 e. The molecule has 0 atom stereocenters. The van der Waals surface area contributed by atoms with E-state index < -0.39 is 10.0 Å². The molecule has 0 saturated carbocycles. The molecule has 0 aliphatic carbocycles. The first-order chi connectivity index (χ1) is 8.55. The average Bonchev–Trinajstić information content (AvgIpc) is 2.83. The molecule has 0 bridgehead atoms. The highest BCUT2D eigenvalue weighted by atomic mass is 32.2. The Bertz CT molecular complexity index is 592. The monoisotopic (exact) mass is 268 g/mol. The second-order valence-electron chi connectivity index (χ2n) is 3.93. The Labute approximate surface area is 105 Å². The Kier molecular flexibility index (Phi) is 3.78. The van der Waals surface area contributed by atoms with Crippen LogP contribution in [0.4, 0.5) is 4.39 Å². The van der Waals surface area contributed by atoms with Gasteiger partial charge in [0.15, 0.2) is 0 Å². The third kappa shape index (κ3) is 3.68. The predicted octanol–water partition coefficient (Wildman–Crippen LogP) is 1.77. The maximum atomic E-state index is 12.7. The molecule has 0 radical (unpaired) electrons. The van der Waals surface area contributed by atoms with Crippen LogP contribution in [0.2, 0.25) is 0 Å². The summed E-state index contributed by atoms with van der Waals surface area (Å²) in [5.41, 5.74) is 1.41. The molecule has 0 aliphatic heterocycles. The number of aromatic nitrogens is 1. The minimum atomic E-state index is -3.41. The first-order valence-electron chi connectivity index (χ1n) is 5.39. The van der Waals surface area contributed by atoms with Crippen LogP contribution < -0.4 is 4.72 Å². The number of sulfonamides is 1. The molecule has 0 unspecified atom stereocenters. The van der Waals surface area contributed by atoms with Gasteiger partial charge in [0.25, 0.3) is 0 Å². The minimum absolute atomic E-state index is 0.155. The largest absolute Gasteiger partial charge is 0.367 e. The van der Waals surface area contributed by atoms with E-state index in [2.05, 4.69) is 9.71 Å². The van der Waals surface area contributed by atoms with E-state index >= 15 is 0 Å². The number of aromatic amines is 1. The number of nitrogens with one attached hydrogen (secondary N) is 2. The molecule has 1 aromatic carbocycles. The molecule has 2 aromatic rings. The van der Waals surface area contributed by atoms with Gasteiger partial charge in [-0.2, -0.15) is 0 Å². The Morgan fingerprint density at radius 2 is 1.83 bits per heavy atom. The fourth-order valence-corrected chi connectivity index (χ4v) is 2.63. The number of H-pyrrole nitrogens is 1. The molecule has 1 aromatic heterocycles. The molecular formula is C12H13FN2O2S. The van der Waals surface area contributed by atoms with E-state index in [-0.39, 0.29) is 18.1 Å². The van der Waals surface area contributed by atoms with Crippen LogP contribution in [0.15, 0.2) is 42.7 Å². The Balaban J connectivity index is 1.97. The molecule has 2 N–H and O–H groups in total. The van der Waals surface area contributed by atoms with Crippen molar-refractivity contribution in [3.63, 3.8) is 0 Å². The second kappa shape index (κ2) is 5.32. The van der Waals surface area contributed by atoms with Gasteiger partial charge in [-0.3, -0.25) is 0 Å². The van der Waals surface area contributed by atoms with Crippen LogP contribution in [0, 0.1) is 5.82 Å². The van der Waals surface area contributed by atoms with Gasteiger partial charge in [-0.1, -0.05) is 12.1 Å². The van der Waals surface area contributed by atoms with Crippen LogP contribution in [-0.2, 0) is 22.3 Å². The highest BCUT2D eigenvalue weighted by Gasteiger charge is 2.11. The lowest BCUT2D eigenvalue weighted by Crippen LogP contribution is -2.24. The molecule has 4 nitrogen and oxygen atoms in total. The lowest BCUT2D eigenvalue weighted by atomic mass is 10.2. The lowest BCUT2D eigenvalue weighted by Gasteiger charge is -2.05. The molecule has 0 amide bonds. The summed E-state index contributed by atoms with van der Waals surface area (Å²) in [5, 5.41) is 0. The van der Waals surface area contributed by atoms with Crippen molar-refractivity contribution in [2.24, 2.45) is 0 Å². The number of rotatable bonds is 5. The Hall–Kier alpha value is -1.66. The molecule has 0 saturated heterocycles. The van der Waals surface area contributed by atoms with E-state index in [0.717, 1.165) is 5.56 Å². The summed E-state index contributed by atoms with van der Waals surface area (Å²) >= 11 is 0. The average molecular weight is 268 g/mol. The summed E-state index contributed by atoms with van der Waals surface area (Å²) in [5.74, 6) is -0.533. The topological polar surface area (TPSA) is 62.0 Å². The fraction of sp³-hybridized carbons (Fsp3) is 0.167. The van der Waals surface area contributed by atoms with Crippen molar-refractivity contribution in [2.75, 3.05) is 0 Å². The van der Waals surface area contributed by atoms with Crippen LogP contribution in [-0.4, -0.2) is 13.4 Å². The van der Waals surface area contributed by atoms with Crippen molar-refractivity contribution in [1.29, 1.82) is 0 Å². The van der Waals surface area contributed by atoms with Crippen molar-refractivity contribution in [1.82, 2.24) is 9.71 Å². The molecule has 2 rings (SSSR count). The molecule has 0 aliphatic rings. The van der Waals surface area contributed by atoms with Gasteiger partial charge >= 0.3 is 0 Å². The van der Waals surface area contributed by atoms with Crippen LogP contribution in [0.25, 0.3) is 0 Å². The maximum absolute atomic E-state index is 12.7. The van der Waals surface area contributed by atoms with Gasteiger partial charge in [0, 0.05) is 18.9 Å². The summed E-state index contributed by atoms with van der Waals surface area (Å²) in [6.45, 7) is 0.243. The lowest BCUT2D eigenvalue weighted by molar-refractivity contribution is 0.580. The van der Waals surface area contributed by atoms with Gasteiger partial charge in [-0.05, 0) is 29.3 Å². The SMILES string of the molecule is O=S(=O)(Cc1ccc(F)cc1)NCc1cc[nH]c1. The van der Waals surface area contributed by atoms with Gasteiger partial charge in [-0.25, -0.2) is 17.5 Å². The normalized spacial score (nSPS) is 11.6. The molecule has 0 spiro atoms. The van der Waals surface area contributed by atoms with Gasteiger partial charge in [-0.15, -0.1) is 0 Å². The van der Waals surface area contributed by atoms with Crippen molar-refractivity contribution in [2.45, 2.75) is 12.3 Å². The van der Waals surface area contributed by atoms with E-state index in [1.165, 1.54) is 24.3 Å². The zero-order valence-corrected chi connectivity index (χ0v) is 10.4. The number of halogens is 1. The maximum Gasteiger partial charge on any atom is 0.216 e. The van der Waals surface area contributed by atoms with Gasteiger partial charge in [0.2, 0.25) is 10.0 Å². The third-order valence-corrected chi connectivity index (χ3v) is 3.73. The van der Waals surface area contributed by atoms with Crippen LogP contribution in [0.3, 0.4) is 0 Å². The van der Waals surface area contributed by atoms with Crippen molar-refractivity contribution in [3.8, 4) is 0 Å². The third-order valence-electron chi connectivity index (χ3n) is 2.43. The summed E-state index contributed by atoms with van der Waals surface area (Å²) in [4.78, 5) is 2.85. The smallest absolute Gasteiger partial charge is 0.216 e. The zero-order chi connectivity index (χ0) is 13.0. The van der Waals surface area contributed by atoms with Crippen LogP contribution >= 0.6 is 0 Å². The summed E-state index contributed by atoms with van der Waals surface area (Å²) in [6, 6.07) is 7.21. The Morgan fingerprint density at radius 1 is 1.11 bits per heavy atom. The zero-order valence-electron chi connectivity index (χ0n) is 9.56. The number of benzene rings is 1. The molecule has 1 heterocycles. The molecular weight excluding hydrogens is 255 g/mol. The van der Waals surface area contributed by atoms with Gasteiger partial charge < -0.3 is 4.98 Å². The highest BCUT2D eigenvalue weighted by molar-refractivity contribution is 7.88. The number of hydrogen-bond acceptors (Lipinski definition) is 2.